The van der Waals surface area contributed by atoms with Crippen molar-refractivity contribution in [1.29, 1.82) is 0 Å². The Bertz CT molecular complexity index is 1140. The van der Waals surface area contributed by atoms with Gasteiger partial charge in [-0.05, 0) is 56.3 Å². The molecule has 1 N–H and O–H groups in total. The number of carboxylic acid groups (broad SMARTS) is 1. The standard InChI is InChI=1S/C31H39N3O4/c35-28(25-10-3-1-4-11-25)15-8-18-32-19-16-31(17-20-32)30(38)33(23-34(31)27-13-5-2-6-14-27)22-24-9-7-12-26(21-24)29(36)37/h1,3-4,7,9-12,21,27H,2,5-6,8,13-20,22-23H2,(H,36,37). The molecule has 2 aliphatic heterocycles. The van der Waals surface area contributed by atoms with Crippen molar-refractivity contribution >= 4 is 17.7 Å². The van der Waals surface area contributed by atoms with Crippen LogP contribution in [0.3, 0.4) is 0 Å². The van der Waals surface area contributed by atoms with Gasteiger partial charge in [-0.15, -0.1) is 0 Å². The zero-order valence-corrected chi connectivity index (χ0v) is 22.2. The molecule has 202 valence electrons. The van der Waals surface area contributed by atoms with Crippen LogP contribution in [0.1, 0.15) is 84.1 Å². The molecule has 7 heteroatoms. The van der Waals surface area contributed by atoms with Crippen molar-refractivity contribution < 1.29 is 19.5 Å². The average molecular weight is 518 g/mol. The first kappa shape index (κ1) is 26.6. The predicted molar refractivity (Wildman–Crippen MR) is 146 cm³/mol. The molecule has 1 saturated carbocycles. The van der Waals surface area contributed by atoms with E-state index < -0.39 is 11.5 Å². The van der Waals surface area contributed by atoms with Crippen LogP contribution in [0.25, 0.3) is 0 Å². The lowest BCUT2D eigenvalue weighted by atomic mass is 9.82. The number of Topliss-reactive ketones (excluding diaryl/α,β-unsaturated/α-hetero) is 1. The Balaban J connectivity index is 1.23. The Morgan fingerprint density at radius 3 is 2.34 bits per heavy atom. The Kier molecular flexibility index (Phi) is 8.24. The molecule has 0 unspecified atom stereocenters. The van der Waals surface area contributed by atoms with Crippen LogP contribution in [0.15, 0.2) is 54.6 Å². The van der Waals surface area contributed by atoms with Crippen LogP contribution in [0.2, 0.25) is 0 Å². The molecule has 3 aliphatic rings. The molecular weight excluding hydrogens is 478 g/mol. The molecule has 5 rings (SSSR count). The number of hydrogen-bond donors (Lipinski definition) is 1. The zero-order valence-electron chi connectivity index (χ0n) is 22.2. The summed E-state index contributed by atoms with van der Waals surface area (Å²) in [6.45, 7) is 3.65. The highest BCUT2D eigenvalue weighted by Gasteiger charge is 2.55. The van der Waals surface area contributed by atoms with Gasteiger partial charge in [-0.3, -0.25) is 14.5 Å². The van der Waals surface area contributed by atoms with Crippen molar-refractivity contribution in [1.82, 2.24) is 14.7 Å². The molecule has 2 saturated heterocycles. The van der Waals surface area contributed by atoms with Crippen LogP contribution in [0.4, 0.5) is 0 Å². The van der Waals surface area contributed by atoms with Crippen molar-refractivity contribution in [2.45, 2.75) is 75.9 Å². The number of carbonyl (C=O) groups is 3. The van der Waals surface area contributed by atoms with Gasteiger partial charge in [0.05, 0.1) is 12.2 Å². The summed E-state index contributed by atoms with van der Waals surface area (Å²) in [7, 11) is 0. The fourth-order valence-electron chi connectivity index (χ4n) is 6.68. The summed E-state index contributed by atoms with van der Waals surface area (Å²) >= 11 is 0. The Morgan fingerprint density at radius 1 is 0.921 bits per heavy atom. The normalized spacial score (nSPS) is 20.7. The number of nitrogens with zero attached hydrogens (tertiary/aromatic N) is 3. The van der Waals surface area contributed by atoms with Gasteiger partial charge < -0.3 is 14.9 Å². The van der Waals surface area contributed by atoms with Gasteiger partial charge in [0.15, 0.2) is 5.78 Å². The number of rotatable bonds is 9. The van der Waals surface area contributed by atoms with Crippen LogP contribution in [0, 0.1) is 0 Å². The quantitative estimate of drug-likeness (QED) is 0.481. The van der Waals surface area contributed by atoms with Crippen molar-refractivity contribution in [3.8, 4) is 0 Å². The molecule has 0 atom stereocenters. The second-order valence-electron chi connectivity index (χ2n) is 11.2. The summed E-state index contributed by atoms with van der Waals surface area (Å²) in [6, 6.07) is 16.9. The molecular formula is C31H39N3O4. The molecule has 0 aromatic heterocycles. The summed E-state index contributed by atoms with van der Waals surface area (Å²) in [5, 5.41) is 9.40. The second-order valence-corrected chi connectivity index (χ2v) is 11.2. The molecule has 0 bridgehead atoms. The van der Waals surface area contributed by atoms with E-state index in [0.717, 1.165) is 62.9 Å². The Labute approximate surface area is 225 Å². The van der Waals surface area contributed by atoms with E-state index in [0.29, 0.717) is 25.7 Å². The minimum atomic E-state index is -0.947. The maximum Gasteiger partial charge on any atom is 0.335 e. The number of benzene rings is 2. The Morgan fingerprint density at radius 2 is 1.63 bits per heavy atom. The monoisotopic (exact) mass is 517 g/mol. The highest BCUT2D eigenvalue weighted by molar-refractivity contribution is 5.96. The molecule has 3 fully saturated rings. The van der Waals surface area contributed by atoms with E-state index in [-0.39, 0.29) is 17.3 Å². The van der Waals surface area contributed by atoms with Crippen LogP contribution >= 0.6 is 0 Å². The number of likely N-dealkylation sites (tertiary alicyclic amines) is 1. The minimum Gasteiger partial charge on any atom is -0.478 e. The lowest BCUT2D eigenvalue weighted by Gasteiger charge is -2.46. The number of ketones is 1. The highest BCUT2D eigenvalue weighted by Crippen LogP contribution is 2.41. The molecule has 2 heterocycles. The maximum atomic E-state index is 14.0. The molecule has 2 aromatic carbocycles. The molecule has 1 spiro atoms. The molecule has 0 radical (unpaired) electrons. The molecule has 7 nitrogen and oxygen atoms in total. The van der Waals surface area contributed by atoms with Gasteiger partial charge in [0.25, 0.3) is 0 Å². The third kappa shape index (κ3) is 5.69. The summed E-state index contributed by atoms with van der Waals surface area (Å²) in [4.78, 5) is 44.8. The fraction of sp³-hybridized carbons (Fsp3) is 0.516. The van der Waals surface area contributed by atoms with Gasteiger partial charge in [-0.25, -0.2) is 4.79 Å². The van der Waals surface area contributed by atoms with Gasteiger partial charge in [0.2, 0.25) is 5.91 Å². The largest absolute Gasteiger partial charge is 0.478 e. The number of aromatic carboxylic acids is 1. The van der Waals surface area contributed by atoms with Gasteiger partial charge in [-0.2, -0.15) is 0 Å². The van der Waals surface area contributed by atoms with E-state index in [9.17, 15) is 19.5 Å². The fourth-order valence-corrected chi connectivity index (χ4v) is 6.68. The van der Waals surface area contributed by atoms with Crippen LogP contribution < -0.4 is 0 Å². The highest BCUT2D eigenvalue weighted by atomic mass is 16.4. The van der Waals surface area contributed by atoms with E-state index in [4.69, 9.17) is 0 Å². The number of carbonyl (C=O) groups excluding carboxylic acids is 2. The first-order valence-corrected chi connectivity index (χ1v) is 14.2. The number of hydrogen-bond acceptors (Lipinski definition) is 5. The maximum absolute atomic E-state index is 14.0. The number of piperidine rings is 1. The lowest BCUT2D eigenvalue weighted by molar-refractivity contribution is -0.137. The zero-order chi connectivity index (χ0) is 26.5. The van der Waals surface area contributed by atoms with Crippen molar-refractivity contribution in [2.24, 2.45) is 0 Å². The van der Waals surface area contributed by atoms with Crippen LogP contribution in [-0.2, 0) is 11.3 Å². The van der Waals surface area contributed by atoms with Crippen molar-refractivity contribution in [3.05, 3.63) is 71.3 Å². The molecule has 38 heavy (non-hydrogen) atoms. The number of amides is 1. The van der Waals surface area contributed by atoms with Gasteiger partial charge in [0.1, 0.15) is 5.54 Å². The van der Waals surface area contributed by atoms with E-state index in [1.807, 2.05) is 41.3 Å². The van der Waals surface area contributed by atoms with E-state index >= 15 is 0 Å². The second kappa shape index (κ2) is 11.8. The first-order chi connectivity index (χ1) is 18.5. The third-order valence-electron chi connectivity index (χ3n) is 8.78. The topological polar surface area (TPSA) is 81.2 Å². The minimum absolute atomic E-state index is 0.191. The predicted octanol–water partition coefficient (Wildman–Crippen LogP) is 4.82. The summed E-state index contributed by atoms with van der Waals surface area (Å²) in [6.07, 6.45) is 8.97. The van der Waals surface area contributed by atoms with Crippen molar-refractivity contribution in [3.63, 3.8) is 0 Å². The summed E-state index contributed by atoms with van der Waals surface area (Å²) in [5.74, 6) is -0.559. The average Bonchev–Trinajstić information content (AvgIpc) is 3.21. The smallest absolute Gasteiger partial charge is 0.335 e. The van der Waals surface area contributed by atoms with Crippen LogP contribution in [-0.4, -0.2) is 75.3 Å². The Hall–Kier alpha value is -3.03. The molecule has 2 aromatic rings. The van der Waals surface area contributed by atoms with E-state index in [1.165, 1.54) is 19.3 Å². The van der Waals surface area contributed by atoms with Crippen molar-refractivity contribution in [2.75, 3.05) is 26.3 Å². The van der Waals surface area contributed by atoms with Gasteiger partial charge in [-0.1, -0.05) is 61.7 Å². The van der Waals surface area contributed by atoms with Crippen LogP contribution in [0.5, 0.6) is 0 Å². The van der Waals surface area contributed by atoms with Gasteiger partial charge >= 0.3 is 5.97 Å². The lowest BCUT2D eigenvalue weighted by Crippen LogP contribution is -2.59. The first-order valence-electron chi connectivity index (χ1n) is 14.2. The third-order valence-corrected chi connectivity index (χ3v) is 8.78. The number of carboxylic acids is 1. The summed E-state index contributed by atoms with van der Waals surface area (Å²) in [5.41, 5.74) is 1.42. The molecule has 1 aliphatic carbocycles. The van der Waals surface area contributed by atoms with Gasteiger partial charge in [0, 0.05) is 37.7 Å². The van der Waals surface area contributed by atoms with E-state index in [2.05, 4.69) is 9.80 Å². The molecule has 1 amide bonds. The summed E-state index contributed by atoms with van der Waals surface area (Å²) < 4.78 is 0. The van der Waals surface area contributed by atoms with E-state index in [1.54, 1.807) is 18.2 Å². The SMILES string of the molecule is O=C(O)c1cccc(CN2CN(C3CCCCC3)C3(CCN(CCCC(=O)c4ccccc4)CC3)C2=O)c1.